The average molecular weight is 851 g/mol. The van der Waals surface area contributed by atoms with Crippen molar-refractivity contribution in [3.63, 3.8) is 0 Å². The van der Waals surface area contributed by atoms with Crippen LogP contribution in [0.5, 0.6) is 0 Å². The lowest BCUT2D eigenvalue weighted by Crippen LogP contribution is -3.10. The van der Waals surface area contributed by atoms with Crippen LogP contribution in [0.2, 0.25) is 0 Å². The summed E-state index contributed by atoms with van der Waals surface area (Å²) in [5, 5.41) is 0. The zero-order valence-electron chi connectivity index (χ0n) is 29.6. The normalized spacial score (nSPS) is 13.4. The van der Waals surface area contributed by atoms with E-state index in [2.05, 4.69) is 34.7 Å². The zero-order valence-corrected chi connectivity index (χ0v) is 29.6. The van der Waals surface area contributed by atoms with Crippen molar-refractivity contribution in [1.82, 2.24) is 0 Å². The van der Waals surface area contributed by atoms with Crippen molar-refractivity contribution < 1.29 is 92.7 Å². The molecule has 57 heavy (non-hydrogen) atoms. The first-order valence-corrected chi connectivity index (χ1v) is 16.3. The molecule has 0 fully saturated rings. The standard InChI is InChI=1S/C24BF20.C11H25N/c26-5-1(6(27)14(35)21(42)13(5)34)25(2-7(28)15(36)22(43)16(37)8(2)29,3-9(30)17(38)23(44)18(39)10(3)31)4-11(32)19(40)24(45)20(41)12(4)33;1-6-10(3)8-12(5)9-11(4)7-2/h;10-11H,6-9H2,1-5H3/q-1;/p+1. The number of hydrogen-bond acceptors (Lipinski definition) is 0. The third-order valence-corrected chi connectivity index (χ3v) is 9.49. The third kappa shape index (κ3) is 7.76. The van der Waals surface area contributed by atoms with Crippen LogP contribution in [-0.4, -0.2) is 26.3 Å². The van der Waals surface area contributed by atoms with Crippen molar-refractivity contribution in [3.05, 3.63) is 116 Å². The lowest BCUT2D eigenvalue weighted by Gasteiger charge is -2.44. The van der Waals surface area contributed by atoms with Gasteiger partial charge in [-0.2, -0.15) is 0 Å². The molecule has 0 bridgehead atoms. The molecule has 1 nitrogen and oxygen atoms in total. The molecule has 4 aromatic carbocycles. The Balaban J connectivity index is 0.000000626. The number of rotatable bonds is 10. The third-order valence-electron chi connectivity index (χ3n) is 9.49. The number of halogens is 20. The molecule has 0 heterocycles. The fourth-order valence-corrected chi connectivity index (χ4v) is 6.44. The largest absolute Gasteiger partial charge is 0.337 e. The molecule has 314 valence electrons. The number of hydrogen-bond donors (Lipinski definition) is 1. The average Bonchev–Trinajstić information content (AvgIpc) is 3.17. The molecular formula is C35H26BF20N. The molecule has 0 radical (unpaired) electrons. The Morgan fingerprint density at radius 2 is 0.456 bits per heavy atom. The van der Waals surface area contributed by atoms with Gasteiger partial charge >= 0.3 is 0 Å². The van der Waals surface area contributed by atoms with E-state index in [0.29, 0.717) is 0 Å². The number of benzene rings is 4. The molecule has 0 amide bonds. The minimum absolute atomic E-state index is 0.883. The van der Waals surface area contributed by atoms with Crippen molar-refractivity contribution in [2.45, 2.75) is 40.5 Å². The minimum Gasteiger partial charge on any atom is -0.337 e. The van der Waals surface area contributed by atoms with E-state index in [4.69, 9.17) is 0 Å². The predicted molar refractivity (Wildman–Crippen MR) is 165 cm³/mol. The van der Waals surface area contributed by atoms with Crippen LogP contribution in [0, 0.1) is 128 Å². The fourth-order valence-electron chi connectivity index (χ4n) is 6.44. The zero-order chi connectivity index (χ0) is 43.9. The van der Waals surface area contributed by atoms with E-state index in [1.54, 1.807) is 4.90 Å². The molecule has 1 N–H and O–H groups in total. The van der Waals surface area contributed by atoms with Gasteiger partial charge in [-0.3, -0.25) is 0 Å². The topological polar surface area (TPSA) is 4.44 Å². The Morgan fingerprint density at radius 3 is 0.596 bits per heavy atom. The Bertz CT molecular complexity index is 1800. The van der Waals surface area contributed by atoms with Gasteiger partial charge in [0.05, 0.1) is 20.1 Å². The summed E-state index contributed by atoms with van der Waals surface area (Å²) in [4.78, 5) is 1.69. The predicted octanol–water partition coefficient (Wildman–Crippen LogP) is 7.44. The Kier molecular flexibility index (Phi) is 14.4. The monoisotopic (exact) mass is 851 g/mol. The van der Waals surface area contributed by atoms with Crippen LogP contribution in [-0.2, 0) is 0 Å². The van der Waals surface area contributed by atoms with Gasteiger partial charge in [0.25, 0.3) is 0 Å². The van der Waals surface area contributed by atoms with Crippen molar-refractivity contribution in [2.24, 2.45) is 11.8 Å². The van der Waals surface area contributed by atoms with Crippen LogP contribution >= 0.6 is 0 Å². The highest BCUT2D eigenvalue weighted by Gasteiger charge is 2.52. The highest BCUT2D eigenvalue weighted by Crippen LogP contribution is 2.30. The first-order valence-electron chi connectivity index (χ1n) is 16.3. The summed E-state index contributed by atoms with van der Waals surface area (Å²) in [5.41, 5.74) is -14.3. The van der Waals surface area contributed by atoms with E-state index < -0.39 is 144 Å². The maximum atomic E-state index is 15.4. The molecule has 0 saturated heterocycles. The molecule has 0 aliphatic rings. The second kappa shape index (κ2) is 17.6. The summed E-state index contributed by atoms with van der Waals surface area (Å²) >= 11 is 0. The second-order valence-corrected chi connectivity index (χ2v) is 13.2. The van der Waals surface area contributed by atoms with Crippen LogP contribution < -0.4 is 26.8 Å². The van der Waals surface area contributed by atoms with E-state index >= 15 is 35.1 Å². The second-order valence-electron chi connectivity index (χ2n) is 13.2. The van der Waals surface area contributed by atoms with Crippen molar-refractivity contribution in [3.8, 4) is 0 Å². The summed E-state index contributed by atoms with van der Waals surface area (Å²) in [6.45, 7) is 11.9. The molecule has 4 aromatic rings. The quantitative estimate of drug-likeness (QED) is 0.0734. The summed E-state index contributed by atoms with van der Waals surface area (Å²) in [6.07, 6.45) is -4.58. The Morgan fingerprint density at radius 1 is 0.316 bits per heavy atom. The van der Waals surface area contributed by atoms with Crippen LogP contribution in [0.15, 0.2) is 0 Å². The summed E-state index contributed by atoms with van der Waals surface area (Å²) in [6, 6.07) is 0. The summed E-state index contributed by atoms with van der Waals surface area (Å²) in [7, 11) is 2.32. The van der Waals surface area contributed by atoms with Gasteiger partial charge in [-0.25, -0.2) is 87.8 Å². The molecule has 4 rings (SSSR count). The minimum atomic E-state index is -7.22. The van der Waals surface area contributed by atoms with Gasteiger partial charge in [-0.15, -0.1) is 21.9 Å². The summed E-state index contributed by atoms with van der Waals surface area (Å²) < 4.78 is 294. The fraction of sp³-hybridized carbons (Fsp3) is 0.314. The van der Waals surface area contributed by atoms with Crippen LogP contribution in [0.25, 0.3) is 0 Å². The Labute approximate surface area is 309 Å². The smallest absolute Gasteiger partial charge is 0.200 e. The van der Waals surface area contributed by atoms with Crippen molar-refractivity contribution in [2.75, 3.05) is 20.1 Å². The maximum absolute atomic E-state index is 15.4. The SMILES string of the molecule is CCC(C)C[NH+](C)CC(C)CC.Fc1c(F)c(F)c([B-](c2c(F)c(F)c(F)c(F)c2F)(c2c(F)c(F)c(F)c(F)c2F)c2c(F)c(F)c(F)c(F)c2F)c(F)c1F. The summed E-state index contributed by atoms with van der Waals surface area (Å²) in [5.74, 6) is -69.6. The lowest BCUT2D eigenvalue weighted by atomic mass is 9.12. The maximum Gasteiger partial charge on any atom is 0.200 e. The highest BCUT2D eigenvalue weighted by molar-refractivity contribution is 7.20. The van der Waals surface area contributed by atoms with Gasteiger partial charge in [0.2, 0.25) is 0 Å². The van der Waals surface area contributed by atoms with E-state index in [0.717, 1.165) is 11.8 Å². The van der Waals surface area contributed by atoms with Crippen LogP contribution in [0.4, 0.5) is 87.8 Å². The molecule has 0 saturated carbocycles. The molecular weight excluding hydrogens is 825 g/mol. The van der Waals surface area contributed by atoms with Crippen molar-refractivity contribution in [1.29, 1.82) is 0 Å². The first-order chi connectivity index (χ1) is 26.3. The molecule has 0 aromatic heterocycles. The van der Waals surface area contributed by atoms with Crippen LogP contribution in [0.1, 0.15) is 40.5 Å². The van der Waals surface area contributed by atoms with Gasteiger partial charge < -0.3 is 4.90 Å². The van der Waals surface area contributed by atoms with E-state index in [1.807, 2.05) is 0 Å². The Hall–Kier alpha value is -4.50. The van der Waals surface area contributed by atoms with Gasteiger partial charge in [0.15, 0.2) is 69.8 Å². The molecule has 0 aliphatic heterocycles. The van der Waals surface area contributed by atoms with Gasteiger partial charge in [0.1, 0.15) is 52.7 Å². The number of quaternary nitrogens is 1. The van der Waals surface area contributed by atoms with Gasteiger partial charge in [-0.05, 0) is 12.8 Å². The lowest BCUT2D eigenvalue weighted by molar-refractivity contribution is -0.886. The number of nitrogens with one attached hydrogen (secondary N) is 1. The molecule has 22 heteroatoms. The van der Waals surface area contributed by atoms with E-state index in [1.165, 1.54) is 25.9 Å². The molecule has 0 aliphatic carbocycles. The van der Waals surface area contributed by atoms with Gasteiger partial charge in [-0.1, -0.05) is 27.7 Å². The molecule has 0 spiro atoms. The van der Waals surface area contributed by atoms with Crippen molar-refractivity contribution >= 4 is 28.0 Å². The van der Waals surface area contributed by atoms with E-state index in [-0.39, 0.29) is 0 Å². The highest BCUT2D eigenvalue weighted by atomic mass is 19.2. The molecule has 2 atom stereocenters. The van der Waals surface area contributed by atoms with Crippen LogP contribution in [0.3, 0.4) is 0 Å². The first kappa shape index (κ1) is 46.9. The molecule has 2 unspecified atom stereocenters. The van der Waals surface area contributed by atoms with Gasteiger partial charge in [0, 0.05) is 11.8 Å². The van der Waals surface area contributed by atoms with E-state index in [9.17, 15) is 52.7 Å².